The summed E-state index contributed by atoms with van der Waals surface area (Å²) in [6, 6.07) is 12.6. The molecule has 0 aliphatic heterocycles. The van der Waals surface area contributed by atoms with Gasteiger partial charge in [0.1, 0.15) is 13.1 Å². The Balaban J connectivity index is 1.67. The van der Waals surface area contributed by atoms with Crippen molar-refractivity contribution in [3.05, 3.63) is 65.2 Å². The first-order chi connectivity index (χ1) is 15.1. The Morgan fingerprint density at radius 1 is 1.16 bits per heavy atom. The molecule has 1 amide bonds. The quantitative estimate of drug-likeness (QED) is 0.511. The number of anilines is 2. The molecule has 2 heterocycles. The van der Waals surface area contributed by atoms with E-state index in [1.54, 1.807) is 35.1 Å². The number of nitrogens with one attached hydrogen (secondary N) is 1. The third-order valence-electron chi connectivity index (χ3n) is 5.18. The number of carbonyl (C=O) groups is 1. The molecule has 0 saturated carbocycles. The molecule has 0 unspecified atom stereocenters. The Morgan fingerprint density at radius 2 is 1.94 bits per heavy atom. The average Bonchev–Trinajstić information content (AvgIpc) is 3.09. The minimum Gasteiger partial charge on any atom is -0.355 e. The van der Waals surface area contributed by atoms with Gasteiger partial charge in [0, 0.05) is 31.4 Å². The fourth-order valence-electron chi connectivity index (χ4n) is 3.58. The third kappa shape index (κ3) is 4.29. The van der Waals surface area contributed by atoms with E-state index in [9.17, 15) is 22.8 Å². The predicted molar refractivity (Wildman–Crippen MR) is 116 cm³/mol. The number of aryl methyl sites for hydroxylation is 1. The number of pyridine rings is 1. The first-order valence-corrected chi connectivity index (χ1v) is 9.74. The SMILES string of the molecule is CN(CC(F)(F)F)C(=O)Cn1ccc2cccc(Nc3ccc4c(cnn4C)c3)c2c1=O. The highest BCUT2D eigenvalue weighted by Gasteiger charge is 2.31. The Kier molecular flexibility index (Phi) is 5.37. The van der Waals surface area contributed by atoms with E-state index in [0.717, 1.165) is 28.2 Å². The van der Waals surface area contributed by atoms with Gasteiger partial charge >= 0.3 is 6.18 Å². The van der Waals surface area contributed by atoms with Crippen LogP contribution in [0.1, 0.15) is 0 Å². The topological polar surface area (TPSA) is 72.2 Å². The number of likely N-dealkylation sites (N-methyl/N-ethyl adjacent to an activating group) is 1. The number of carbonyl (C=O) groups excluding carboxylic acids is 1. The first-order valence-electron chi connectivity index (χ1n) is 9.74. The second-order valence-electron chi connectivity index (χ2n) is 7.55. The number of halogens is 3. The number of aromatic nitrogens is 3. The van der Waals surface area contributed by atoms with Crippen LogP contribution in [0, 0.1) is 0 Å². The molecule has 2 aromatic heterocycles. The number of benzene rings is 2. The van der Waals surface area contributed by atoms with E-state index >= 15 is 0 Å². The lowest BCUT2D eigenvalue weighted by Gasteiger charge is -2.19. The van der Waals surface area contributed by atoms with Crippen molar-refractivity contribution in [3.8, 4) is 0 Å². The number of fused-ring (bicyclic) bond motifs is 2. The molecule has 32 heavy (non-hydrogen) atoms. The summed E-state index contributed by atoms with van der Waals surface area (Å²) < 4.78 is 40.6. The largest absolute Gasteiger partial charge is 0.406 e. The molecule has 1 N–H and O–H groups in total. The van der Waals surface area contributed by atoms with Gasteiger partial charge in [0.2, 0.25) is 5.91 Å². The van der Waals surface area contributed by atoms with E-state index in [1.807, 2.05) is 25.2 Å². The Hall–Kier alpha value is -3.82. The summed E-state index contributed by atoms with van der Waals surface area (Å²) in [5.41, 5.74) is 1.76. The van der Waals surface area contributed by atoms with Crippen LogP contribution < -0.4 is 10.9 Å². The van der Waals surface area contributed by atoms with Crippen molar-refractivity contribution >= 4 is 39.0 Å². The van der Waals surface area contributed by atoms with Crippen molar-refractivity contribution in [2.45, 2.75) is 12.7 Å². The molecule has 0 radical (unpaired) electrons. The lowest BCUT2D eigenvalue weighted by Crippen LogP contribution is -2.39. The smallest absolute Gasteiger partial charge is 0.355 e. The van der Waals surface area contributed by atoms with Crippen LogP contribution in [0.25, 0.3) is 21.7 Å². The molecule has 10 heteroatoms. The summed E-state index contributed by atoms with van der Waals surface area (Å²) in [6.07, 6.45) is -1.36. The van der Waals surface area contributed by atoms with Crippen molar-refractivity contribution in [2.24, 2.45) is 7.05 Å². The van der Waals surface area contributed by atoms with Crippen LogP contribution in [0.2, 0.25) is 0 Å². The van der Waals surface area contributed by atoms with Gasteiger partial charge in [-0.1, -0.05) is 12.1 Å². The van der Waals surface area contributed by atoms with E-state index in [2.05, 4.69) is 10.4 Å². The Bertz CT molecular complexity index is 1370. The zero-order valence-electron chi connectivity index (χ0n) is 17.3. The van der Waals surface area contributed by atoms with Crippen LogP contribution >= 0.6 is 0 Å². The van der Waals surface area contributed by atoms with Gasteiger partial charge in [-0.25, -0.2) is 0 Å². The second kappa shape index (κ2) is 8.03. The molecule has 0 saturated heterocycles. The zero-order valence-corrected chi connectivity index (χ0v) is 17.3. The van der Waals surface area contributed by atoms with Crippen LogP contribution in [0.5, 0.6) is 0 Å². The molecule has 4 aromatic rings. The summed E-state index contributed by atoms with van der Waals surface area (Å²) in [5, 5.41) is 9.35. The molecule has 0 aliphatic rings. The Morgan fingerprint density at radius 3 is 2.69 bits per heavy atom. The van der Waals surface area contributed by atoms with Gasteiger partial charge in [-0.05, 0) is 35.7 Å². The van der Waals surface area contributed by atoms with Gasteiger partial charge in [0.25, 0.3) is 5.56 Å². The summed E-state index contributed by atoms with van der Waals surface area (Å²) >= 11 is 0. The molecule has 0 bridgehead atoms. The summed E-state index contributed by atoms with van der Waals surface area (Å²) in [7, 11) is 2.90. The van der Waals surface area contributed by atoms with Crippen LogP contribution in [-0.2, 0) is 18.4 Å². The number of alkyl halides is 3. The van der Waals surface area contributed by atoms with Gasteiger partial charge in [-0.2, -0.15) is 18.3 Å². The van der Waals surface area contributed by atoms with Gasteiger partial charge < -0.3 is 14.8 Å². The van der Waals surface area contributed by atoms with E-state index in [4.69, 9.17) is 0 Å². The monoisotopic (exact) mass is 443 g/mol. The minimum absolute atomic E-state index is 0.340. The van der Waals surface area contributed by atoms with E-state index in [-0.39, 0.29) is 0 Å². The van der Waals surface area contributed by atoms with Crippen LogP contribution in [0.15, 0.2) is 59.7 Å². The summed E-state index contributed by atoms with van der Waals surface area (Å²) in [4.78, 5) is 25.9. The molecule has 0 atom stereocenters. The Labute approximate surface area is 180 Å². The number of nitrogens with zero attached hydrogens (tertiary/aromatic N) is 4. The maximum absolute atomic E-state index is 13.1. The van der Waals surface area contributed by atoms with Crippen LogP contribution in [-0.4, -0.2) is 44.9 Å². The predicted octanol–water partition coefficient (Wildman–Crippen LogP) is 3.65. The van der Waals surface area contributed by atoms with Gasteiger partial charge in [0.05, 0.1) is 22.8 Å². The molecule has 2 aromatic carbocycles. The molecule has 0 fully saturated rings. The highest BCUT2D eigenvalue weighted by molar-refractivity contribution is 5.95. The van der Waals surface area contributed by atoms with E-state index in [0.29, 0.717) is 21.4 Å². The number of hydrogen-bond acceptors (Lipinski definition) is 4. The summed E-state index contributed by atoms with van der Waals surface area (Å²) in [6.45, 7) is -1.87. The molecule has 4 rings (SSSR count). The van der Waals surface area contributed by atoms with Crippen molar-refractivity contribution in [2.75, 3.05) is 18.9 Å². The molecule has 0 spiro atoms. The molecule has 166 valence electrons. The van der Waals surface area contributed by atoms with Crippen molar-refractivity contribution in [3.63, 3.8) is 0 Å². The third-order valence-corrected chi connectivity index (χ3v) is 5.18. The van der Waals surface area contributed by atoms with Crippen molar-refractivity contribution in [1.29, 1.82) is 0 Å². The first kappa shape index (κ1) is 21.4. The highest BCUT2D eigenvalue weighted by atomic mass is 19.4. The number of amides is 1. The van der Waals surface area contributed by atoms with Crippen LogP contribution in [0.4, 0.5) is 24.5 Å². The minimum atomic E-state index is -4.51. The average molecular weight is 443 g/mol. The second-order valence-corrected chi connectivity index (χ2v) is 7.55. The van der Waals surface area contributed by atoms with Gasteiger partial charge in [-0.3, -0.25) is 14.3 Å². The van der Waals surface area contributed by atoms with Gasteiger partial charge in [-0.15, -0.1) is 0 Å². The fraction of sp³-hybridized carbons (Fsp3) is 0.227. The molecule has 0 aliphatic carbocycles. The van der Waals surface area contributed by atoms with Gasteiger partial charge in [0.15, 0.2) is 0 Å². The normalized spacial score (nSPS) is 11.8. The van der Waals surface area contributed by atoms with Crippen LogP contribution in [0.3, 0.4) is 0 Å². The molecular formula is C22H20F3N5O2. The number of rotatable bonds is 5. The van der Waals surface area contributed by atoms with Crippen molar-refractivity contribution < 1.29 is 18.0 Å². The van der Waals surface area contributed by atoms with E-state index in [1.165, 1.54) is 6.20 Å². The highest BCUT2D eigenvalue weighted by Crippen LogP contribution is 2.26. The zero-order chi connectivity index (χ0) is 23.0. The maximum Gasteiger partial charge on any atom is 0.406 e. The summed E-state index contributed by atoms with van der Waals surface area (Å²) in [5.74, 6) is -0.809. The standard InChI is InChI=1S/C22H20F3N5O2/c1-28(13-22(23,24)25)19(31)12-30-9-8-14-4-3-5-17(20(14)21(30)32)27-16-6-7-18-15(10-16)11-26-29(18)2/h3-11,27H,12-13H2,1-2H3. The maximum atomic E-state index is 13.1. The lowest BCUT2D eigenvalue weighted by molar-refractivity contribution is -0.158. The molecular weight excluding hydrogens is 423 g/mol. The van der Waals surface area contributed by atoms with E-state index < -0.39 is 30.7 Å². The molecule has 7 nitrogen and oxygen atoms in total. The lowest BCUT2D eigenvalue weighted by atomic mass is 10.1. The van der Waals surface area contributed by atoms with Crippen molar-refractivity contribution in [1.82, 2.24) is 19.2 Å². The number of hydrogen-bond donors (Lipinski definition) is 1. The fourth-order valence-corrected chi connectivity index (χ4v) is 3.58.